The Hall–Kier alpha value is -3.18. The van der Waals surface area contributed by atoms with E-state index in [2.05, 4.69) is 0 Å². The maximum Gasteiger partial charge on any atom is 0.347 e. The SMILES string of the molecule is CN(C)CCOc1cccc(/C=C/C(=O)c2cc3ccccc3oc2=O)c1. The Bertz CT molecular complexity index is 1030. The van der Waals surface area contributed by atoms with E-state index in [-0.39, 0.29) is 5.56 Å². The van der Waals surface area contributed by atoms with Gasteiger partial charge in [0.05, 0.1) is 0 Å². The van der Waals surface area contributed by atoms with Gasteiger partial charge in [0.15, 0.2) is 5.78 Å². The molecule has 27 heavy (non-hydrogen) atoms. The Morgan fingerprint density at radius 3 is 2.74 bits per heavy atom. The molecule has 0 unspecified atom stereocenters. The Morgan fingerprint density at radius 1 is 1.11 bits per heavy atom. The highest BCUT2D eigenvalue weighted by Gasteiger charge is 2.11. The largest absolute Gasteiger partial charge is 0.492 e. The Balaban J connectivity index is 1.75. The molecule has 0 atom stereocenters. The Morgan fingerprint density at radius 2 is 1.93 bits per heavy atom. The van der Waals surface area contributed by atoms with Gasteiger partial charge in [0, 0.05) is 11.9 Å². The molecule has 0 fully saturated rings. The molecule has 0 aliphatic heterocycles. The van der Waals surface area contributed by atoms with E-state index in [1.165, 1.54) is 6.08 Å². The van der Waals surface area contributed by atoms with Gasteiger partial charge in [-0.15, -0.1) is 0 Å². The molecule has 0 radical (unpaired) electrons. The summed E-state index contributed by atoms with van der Waals surface area (Å²) in [6.07, 6.45) is 3.04. The smallest absolute Gasteiger partial charge is 0.347 e. The molecular formula is C22H21NO4. The standard InChI is InChI=1S/C22H21NO4/c1-23(2)12-13-26-18-8-5-6-16(14-18)10-11-20(24)19-15-17-7-3-4-9-21(17)27-22(19)25/h3-11,14-15H,12-13H2,1-2H3/b11-10+. The molecule has 0 saturated heterocycles. The Kier molecular flexibility index (Phi) is 5.84. The van der Waals surface area contributed by atoms with Crippen molar-refractivity contribution in [2.75, 3.05) is 27.2 Å². The van der Waals surface area contributed by atoms with Crippen molar-refractivity contribution in [1.82, 2.24) is 4.90 Å². The van der Waals surface area contributed by atoms with Crippen LogP contribution in [0, 0.1) is 0 Å². The van der Waals surface area contributed by atoms with Crippen LogP contribution in [0.3, 0.4) is 0 Å². The first-order valence-corrected chi connectivity index (χ1v) is 8.66. The molecule has 138 valence electrons. The van der Waals surface area contributed by atoms with Gasteiger partial charge in [-0.25, -0.2) is 4.79 Å². The van der Waals surface area contributed by atoms with Crippen LogP contribution in [0.25, 0.3) is 17.0 Å². The average Bonchev–Trinajstić information content (AvgIpc) is 2.65. The maximum atomic E-state index is 12.4. The van der Waals surface area contributed by atoms with Gasteiger partial charge in [-0.3, -0.25) is 4.79 Å². The third-order valence-corrected chi connectivity index (χ3v) is 4.00. The number of ketones is 1. The molecule has 0 bridgehead atoms. The van der Waals surface area contributed by atoms with Crippen LogP contribution in [0.5, 0.6) is 5.75 Å². The number of nitrogens with zero attached hydrogens (tertiary/aromatic N) is 1. The number of likely N-dealkylation sites (N-methyl/N-ethyl adjacent to an activating group) is 1. The number of allylic oxidation sites excluding steroid dienone is 1. The molecule has 0 spiro atoms. The fraction of sp³-hybridized carbons (Fsp3) is 0.182. The van der Waals surface area contributed by atoms with Crippen molar-refractivity contribution < 1.29 is 13.9 Å². The molecular weight excluding hydrogens is 342 g/mol. The van der Waals surface area contributed by atoms with E-state index in [1.54, 1.807) is 30.3 Å². The van der Waals surface area contributed by atoms with Crippen LogP contribution in [0.2, 0.25) is 0 Å². The van der Waals surface area contributed by atoms with Crippen LogP contribution >= 0.6 is 0 Å². The van der Waals surface area contributed by atoms with Gasteiger partial charge in [0.1, 0.15) is 23.5 Å². The summed E-state index contributed by atoms with van der Waals surface area (Å²) in [6.45, 7) is 1.40. The van der Waals surface area contributed by atoms with Gasteiger partial charge < -0.3 is 14.1 Å². The van der Waals surface area contributed by atoms with Crippen molar-refractivity contribution in [3.05, 3.63) is 82.2 Å². The minimum Gasteiger partial charge on any atom is -0.492 e. The van der Waals surface area contributed by atoms with Crippen molar-refractivity contribution in [2.45, 2.75) is 0 Å². The number of ether oxygens (including phenoxy) is 1. The average molecular weight is 363 g/mol. The highest BCUT2D eigenvalue weighted by Crippen LogP contribution is 2.16. The number of para-hydroxylation sites is 1. The molecule has 0 amide bonds. The number of hydrogen-bond donors (Lipinski definition) is 0. The molecule has 5 nitrogen and oxygen atoms in total. The lowest BCUT2D eigenvalue weighted by atomic mass is 10.1. The lowest BCUT2D eigenvalue weighted by Gasteiger charge is -2.11. The van der Waals surface area contributed by atoms with E-state index < -0.39 is 11.4 Å². The van der Waals surface area contributed by atoms with Gasteiger partial charge in [-0.1, -0.05) is 36.4 Å². The highest BCUT2D eigenvalue weighted by atomic mass is 16.5. The molecule has 3 rings (SSSR count). The first kappa shape index (κ1) is 18.6. The second kappa shape index (κ2) is 8.47. The van der Waals surface area contributed by atoms with E-state index in [9.17, 15) is 9.59 Å². The van der Waals surface area contributed by atoms with Crippen molar-refractivity contribution in [1.29, 1.82) is 0 Å². The van der Waals surface area contributed by atoms with Gasteiger partial charge in [-0.2, -0.15) is 0 Å². The zero-order valence-electron chi connectivity index (χ0n) is 15.3. The second-order valence-electron chi connectivity index (χ2n) is 6.41. The fourth-order valence-electron chi connectivity index (χ4n) is 2.55. The van der Waals surface area contributed by atoms with Crippen LogP contribution in [-0.2, 0) is 0 Å². The van der Waals surface area contributed by atoms with E-state index in [0.717, 1.165) is 17.9 Å². The maximum absolute atomic E-state index is 12.4. The Labute approximate surface area is 157 Å². The first-order chi connectivity index (χ1) is 13.0. The van der Waals surface area contributed by atoms with E-state index in [1.807, 2.05) is 49.3 Å². The van der Waals surface area contributed by atoms with Gasteiger partial charge in [0.25, 0.3) is 0 Å². The molecule has 1 heterocycles. The van der Waals surface area contributed by atoms with Crippen LogP contribution in [-0.4, -0.2) is 37.9 Å². The van der Waals surface area contributed by atoms with Gasteiger partial charge in [-0.05, 0) is 50.0 Å². The van der Waals surface area contributed by atoms with E-state index in [0.29, 0.717) is 17.6 Å². The number of benzene rings is 2. The monoisotopic (exact) mass is 363 g/mol. The van der Waals surface area contributed by atoms with Crippen molar-refractivity contribution in [3.8, 4) is 5.75 Å². The normalized spacial score (nSPS) is 11.4. The fourth-order valence-corrected chi connectivity index (χ4v) is 2.55. The van der Waals surface area contributed by atoms with Crippen LogP contribution in [0.4, 0.5) is 0 Å². The van der Waals surface area contributed by atoms with Gasteiger partial charge in [0.2, 0.25) is 0 Å². The third kappa shape index (κ3) is 4.92. The van der Waals surface area contributed by atoms with Crippen molar-refractivity contribution in [2.24, 2.45) is 0 Å². The summed E-state index contributed by atoms with van der Waals surface area (Å²) in [4.78, 5) is 26.5. The van der Waals surface area contributed by atoms with Crippen LogP contribution in [0.15, 0.2) is 69.9 Å². The van der Waals surface area contributed by atoms with Crippen molar-refractivity contribution in [3.63, 3.8) is 0 Å². The number of rotatable bonds is 7. The summed E-state index contributed by atoms with van der Waals surface area (Å²) in [6, 6.07) is 16.1. The highest BCUT2D eigenvalue weighted by molar-refractivity contribution is 6.07. The lowest BCUT2D eigenvalue weighted by Crippen LogP contribution is -2.19. The molecule has 0 aliphatic rings. The molecule has 3 aromatic rings. The number of hydrogen-bond acceptors (Lipinski definition) is 5. The quantitative estimate of drug-likeness (QED) is 0.364. The third-order valence-electron chi connectivity index (χ3n) is 4.00. The molecule has 2 aromatic carbocycles. The summed E-state index contributed by atoms with van der Waals surface area (Å²) in [7, 11) is 3.97. The number of carbonyl (C=O) groups excluding carboxylic acids is 1. The second-order valence-corrected chi connectivity index (χ2v) is 6.41. The molecule has 0 aliphatic carbocycles. The van der Waals surface area contributed by atoms with Crippen LogP contribution < -0.4 is 10.4 Å². The summed E-state index contributed by atoms with van der Waals surface area (Å²) in [5.74, 6) is 0.338. The summed E-state index contributed by atoms with van der Waals surface area (Å²) >= 11 is 0. The first-order valence-electron chi connectivity index (χ1n) is 8.66. The molecule has 5 heteroatoms. The number of fused-ring (bicyclic) bond motifs is 1. The van der Waals surface area contributed by atoms with Gasteiger partial charge >= 0.3 is 5.63 Å². The van der Waals surface area contributed by atoms with E-state index >= 15 is 0 Å². The summed E-state index contributed by atoms with van der Waals surface area (Å²) < 4.78 is 10.9. The summed E-state index contributed by atoms with van der Waals surface area (Å²) in [5, 5.41) is 0.713. The van der Waals surface area contributed by atoms with E-state index in [4.69, 9.17) is 9.15 Å². The zero-order chi connectivity index (χ0) is 19.2. The number of carbonyl (C=O) groups is 1. The lowest BCUT2D eigenvalue weighted by molar-refractivity contribution is 0.104. The van der Waals surface area contributed by atoms with Crippen LogP contribution in [0.1, 0.15) is 15.9 Å². The zero-order valence-corrected chi connectivity index (χ0v) is 15.3. The predicted molar refractivity (Wildman–Crippen MR) is 106 cm³/mol. The predicted octanol–water partition coefficient (Wildman–Crippen LogP) is 3.63. The molecule has 0 N–H and O–H groups in total. The summed E-state index contributed by atoms with van der Waals surface area (Å²) in [5.41, 5.74) is 0.661. The van der Waals surface area contributed by atoms with Crippen molar-refractivity contribution >= 4 is 22.8 Å². The topological polar surface area (TPSA) is 59.8 Å². The minimum absolute atomic E-state index is 0.0170. The minimum atomic E-state index is -0.635. The molecule has 0 saturated carbocycles. The molecule has 1 aromatic heterocycles.